The molecule has 82 valence electrons. The van der Waals surface area contributed by atoms with Crippen molar-refractivity contribution in [2.45, 2.75) is 39.0 Å². The lowest BCUT2D eigenvalue weighted by Crippen LogP contribution is -2.12. The minimum absolute atomic E-state index is 0.116. The second-order valence-corrected chi connectivity index (χ2v) is 4.93. The monoisotopic (exact) mass is 206 g/mol. The Morgan fingerprint density at radius 2 is 1.67 bits per heavy atom. The fourth-order valence-corrected chi connectivity index (χ4v) is 1.41. The molecule has 2 heteroatoms. The second-order valence-electron chi connectivity index (χ2n) is 4.93. The minimum Gasteiger partial charge on any atom is -0.481 e. The Bertz CT molecular complexity index is 344. The quantitative estimate of drug-likeness (QED) is 0.807. The number of aliphatic carboxylic acids is 1. The van der Waals surface area contributed by atoms with Gasteiger partial charge in [-0.2, -0.15) is 0 Å². The zero-order valence-corrected chi connectivity index (χ0v) is 9.74. The summed E-state index contributed by atoms with van der Waals surface area (Å²) in [6.07, 6.45) is 0. The lowest BCUT2D eigenvalue weighted by molar-refractivity contribution is -0.138. The SMILES string of the molecule is C[C@@H](C(=O)O)c1ccc(C(C)(C)C)cc1. The van der Waals surface area contributed by atoms with E-state index in [1.165, 1.54) is 5.56 Å². The van der Waals surface area contributed by atoms with E-state index in [1.807, 2.05) is 24.3 Å². The summed E-state index contributed by atoms with van der Waals surface area (Å²) in [4.78, 5) is 10.8. The Kier molecular flexibility index (Phi) is 3.18. The molecule has 1 atom stereocenters. The van der Waals surface area contributed by atoms with Crippen LogP contribution < -0.4 is 0 Å². The van der Waals surface area contributed by atoms with Crippen LogP contribution in [0.2, 0.25) is 0 Å². The minimum atomic E-state index is -0.779. The largest absolute Gasteiger partial charge is 0.481 e. The van der Waals surface area contributed by atoms with Gasteiger partial charge in [-0.3, -0.25) is 4.79 Å². The molecule has 2 nitrogen and oxygen atoms in total. The van der Waals surface area contributed by atoms with Crippen molar-refractivity contribution < 1.29 is 9.90 Å². The van der Waals surface area contributed by atoms with Crippen LogP contribution in [-0.4, -0.2) is 11.1 Å². The first kappa shape index (κ1) is 11.8. The fourth-order valence-electron chi connectivity index (χ4n) is 1.41. The van der Waals surface area contributed by atoms with E-state index in [1.54, 1.807) is 6.92 Å². The van der Waals surface area contributed by atoms with Crippen LogP contribution in [0.5, 0.6) is 0 Å². The smallest absolute Gasteiger partial charge is 0.310 e. The maximum Gasteiger partial charge on any atom is 0.310 e. The number of carboxylic acid groups (broad SMARTS) is 1. The first-order chi connectivity index (χ1) is 6.82. The van der Waals surface area contributed by atoms with Crippen LogP contribution in [0.1, 0.15) is 44.7 Å². The van der Waals surface area contributed by atoms with Crippen molar-refractivity contribution in [2.24, 2.45) is 0 Å². The first-order valence-electron chi connectivity index (χ1n) is 5.15. The topological polar surface area (TPSA) is 37.3 Å². The van der Waals surface area contributed by atoms with Gasteiger partial charge in [0.2, 0.25) is 0 Å². The van der Waals surface area contributed by atoms with E-state index in [-0.39, 0.29) is 5.41 Å². The van der Waals surface area contributed by atoms with Crippen molar-refractivity contribution >= 4 is 5.97 Å². The molecule has 0 heterocycles. The van der Waals surface area contributed by atoms with Gasteiger partial charge in [0.15, 0.2) is 0 Å². The molecule has 0 aliphatic carbocycles. The van der Waals surface area contributed by atoms with Crippen LogP contribution >= 0.6 is 0 Å². The molecule has 1 aromatic carbocycles. The first-order valence-corrected chi connectivity index (χ1v) is 5.15. The highest BCUT2D eigenvalue weighted by Gasteiger charge is 2.16. The number of benzene rings is 1. The molecule has 15 heavy (non-hydrogen) atoms. The van der Waals surface area contributed by atoms with E-state index in [0.29, 0.717) is 0 Å². The van der Waals surface area contributed by atoms with Gasteiger partial charge in [-0.1, -0.05) is 45.0 Å². The van der Waals surface area contributed by atoms with Gasteiger partial charge in [0, 0.05) is 0 Å². The zero-order valence-electron chi connectivity index (χ0n) is 9.74. The second kappa shape index (κ2) is 4.05. The normalized spacial score (nSPS) is 13.6. The summed E-state index contributed by atoms with van der Waals surface area (Å²) < 4.78 is 0. The molecule has 0 spiro atoms. The maximum atomic E-state index is 10.8. The van der Waals surface area contributed by atoms with Gasteiger partial charge in [-0.25, -0.2) is 0 Å². The van der Waals surface area contributed by atoms with Crippen molar-refractivity contribution in [3.05, 3.63) is 35.4 Å². The third kappa shape index (κ3) is 2.82. The number of rotatable bonds is 2. The molecule has 0 aliphatic heterocycles. The third-order valence-corrected chi connectivity index (χ3v) is 2.65. The van der Waals surface area contributed by atoms with Gasteiger partial charge in [0.25, 0.3) is 0 Å². The summed E-state index contributed by atoms with van der Waals surface area (Å²) in [6, 6.07) is 7.82. The number of carbonyl (C=O) groups is 1. The van der Waals surface area contributed by atoms with Crippen molar-refractivity contribution in [1.82, 2.24) is 0 Å². The summed E-state index contributed by atoms with van der Waals surface area (Å²) in [5.74, 6) is -1.21. The van der Waals surface area contributed by atoms with E-state index in [4.69, 9.17) is 5.11 Å². The molecule has 0 aromatic heterocycles. The van der Waals surface area contributed by atoms with Crippen molar-refractivity contribution in [1.29, 1.82) is 0 Å². The Hall–Kier alpha value is -1.31. The molecular weight excluding hydrogens is 188 g/mol. The van der Waals surface area contributed by atoms with Gasteiger partial charge in [-0.15, -0.1) is 0 Å². The van der Waals surface area contributed by atoms with E-state index in [9.17, 15) is 4.79 Å². The molecule has 0 aliphatic rings. The Morgan fingerprint density at radius 3 is 2.00 bits per heavy atom. The van der Waals surface area contributed by atoms with Crippen LogP contribution in [0.15, 0.2) is 24.3 Å². The fraction of sp³-hybridized carbons (Fsp3) is 0.462. The Labute approximate surface area is 90.9 Å². The predicted octanol–water partition coefficient (Wildman–Crippen LogP) is 3.17. The molecular formula is C13H18O2. The standard InChI is InChI=1S/C13H18O2/c1-9(12(14)15)10-5-7-11(8-6-10)13(2,3)4/h5-9H,1-4H3,(H,14,15)/t9-/m1/s1. The van der Waals surface area contributed by atoms with Crippen LogP contribution in [0, 0.1) is 0 Å². The van der Waals surface area contributed by atoms with E-state index in [0.717, 1.165) is 5.56 Å². The molecule has 1 rings (SSSR count). The molecule has 0 saturated carbocycles. The number of hydrogen-bond donors (Lipinski definition) is 1. The molecule has 0 radical (unpaired) electrons. The lowest BCUT2D eigenvalue weighted by atomic mass is 9.86. The maximum absolute atomic E-state index is 10.8. The highest BCUT2D eigenvalue weighted by Crippen LogP contribution is 2.24. The van der Waals surface area contributed by atoms with E-state index < -0.39 is 11.9 Å². The number of hydrogen-bond acceptors (Lipinski definition) is 1. The zero-order chi connectivity index (χ0) is 11.6. The molecule has 0 amide bonds. The highest BCUT2D eigenvalue weighted by molar-refractivity contribution is 5.75. The van der Waals surface area contributed by atoms with E-state index >= 15 is 0 Å². The Balaban J connectivity index is 2.95. The van der Waals surface area contributed by atoms with E-state index in [2.05, 4.69) is 20.8 Å². The highest BCUT2D eigenvalue weighted by atomic mass is 16.4. The lowest BCUT2D eigenvalue weighted by Gasteiger charge is -2.19. The summed E-state index contributed by atoms with van der Waals surface area (Å²) in [6.45, 7) is 8.13. The van der Waals surface area contributed by atoms with Crippen molar-refractivity contribution in [3.8, 4) is 0 Å². The van der Waals surface area contributed by atoms with Gasteiger partial charge in [0.1, 0.15) is 0 Å². The van der Waals surface area contributed by atoms with Crippen LogP contribution in [0.3, 0.4) is 0 Å². The average Bonchev–Trinajstić information content (AvgIpc) is 2.15. The summed E-state index contributed by atoms with van der Waals surface area (Å²) in [5, 5.41) is 8.86. The van der Waals surface area contributed by atoms with Gasteiger partial charge >= 0.3 is 5.97 Å². The molecule has 0 unspecified atom stereocenters. The summed E-state index contributed by atoms with van der Waals surface area (Å²) >= 11 is 0. The third-order valence-electron chi connectivity index (χ3n) is 2.65. The van der Waals surface area contributed by atoms with Crippen molar-refractivity contribution in [2.75, 3.05) is 0 Å². The van der Waals surface area contributed by atoms with Gasteiger partial charge in [0.05, 0.1) is 5.92 Å². The predicted molar refractivity (Wildman–Crippen MR) is 61.2 cm³/mol. The molecule has 0 bridgehead atoms. The van der Waals surface area contributed by atoms with Crippen LogP contribution in [0.4, 0.5) is 0 Å². The van der Waals surface area contributed by atoms with Crippen LogP contribution in [-0.2, 0) is 10.2 Å². The molecule has 0 saturated heterocycles. The Morgan fingerprint density at radius 1 is 1.20 bits per heavy atom. The van der Waals surface area contributed by atoms with Gasteiger partial charge < -0.3 is 5.11 Å². The summed E-state index contributed by atoms with van der Waals surface area (Å²) in [5.41, 5.74) is 2.20. The molecule has 1 aromatic rings. The number of carboxylic acids is 1. The molecule has 1 N–H and O–H groups in total. The van der Waals surface area contributed by atoms with Crippen LogP contribution in [0.25, 0.3) is 0 Å². The average molecular weight is 206 g/mol. The van der Waals surface area contributed by atoms with Gasteiger partial charge in [-0.05, 0) is 23.5 Å². The van der Waals surface area contributed by atoms with Crippen molar-refractivity contribution in [3.63, 3.8) is 0 Å². The summed E-state index contributed by atoms with van der Waals surface area (Å²) in [7, 11) is 0. The molecule has 0 fully saturated rings.